The molecular formula is C13H22N2S. The second kappa shape index (κ2) is 6.26. The van der Waals surface area contributed by atoms with Crippen molar-refractivity contribution in [3.63, 3.8) is 0 Å². The van der Waals surface area contributed by atoms with Crippen molar-refractivity contribution in [2.45, 2.75) is 50.4 Å². The highest BCUT2D eigenvalue weighted by Crippen LogP contribution is 2.25. The van der Waals surface area contributed by atoms with Crippen LogP contribution in [0.2, 0.25) is 0 Å². The number of aromatic nitrogens is 1. The fraction of sp³-hybridized carbons (Fsp3) is 0.615. The molecule has 0 spiro atoms. The van der Waals surface area contributed by atoms with Crippen LogP contribution in [0.4, 0.5) is 0 Å². The highest BCUT2D eigenvalue weighted by Gasteiger charge is 2.09. The molecule has 0 aromatic carbocycles. The van der Waals surface area contributed by atoms with Crippen molar-refractivity contribution >= 4 is 11.8 Å². The van der Waals surface area contributed by atoms with E-state index in [1.54, 1.807) is 0 Å². The summed E-state index contributed by atoms with van der Waals surface area (Å²) in [4.78, 5) is 4.55. The third-order valence-corrected chi connectivity index (χ3v) is 3.62. The first-order chi connectivity index (χ1) is 7.51. The second-order valence-electron chi connectivity index (χ2n) is 4.48. The predicted molar refractivity (Wildman–Crippen MR) is 72.2 cm³/mol. The maximum atomic E-state index is 4.55. The molecule has 1 aromatic heterocycles. The van der Waals surface area contributed by atoms with Gasteiger partial charge in [-0.25, -0.2) is 4.98 Å². The fourth-order valence-electron chi connectivity index (χ4n) is 1.73. The Bertz CT molecular complexity index is 318. The molecule has 0 aliphatic carbocycles. The van der Waals surface area contributed by atoms with Crippen LogP contribution in [0.5, 0.6) is 0 Å². The third kappa shape index (κ3) is 4.54. The molecule has 0 aliphatic heterocycles. The van der Waals surface area contributed by atoms with Gasteiger partial charge in [0.15, 0.2) is 0 Å². The predicted octanol–water partition coefficient (Wildman–Crippen LogP) is 3.18. The molecule has 0 bridgehead atoms. The zero-order valence-corrected chi connectivity index (χ0v) is 11.7. The molecule has 0 radical (unpaired) electrons. The van der Waals surface area contributed by atoms with Crippen LogP contribution >= 0.6 is 11.8 Å². The van der Waals surface area contributed by atoms with E-state index in [1.807, 2.05) is 18.8 Å². The van der Waals surface area contributed by atoms with Crippen LogP contribution in [0.15, 0.2) is 17.2 Å². The Kier molecular flexibility index (Phi) is 5.29. The highest BCUT2D eigenvalue weighted by molar-refractivity contribution is 7.99. The summed E-state index contributed by atoms with van der Waals surface area (Å²) in [5, 5.41) is 5.01. The molecule has 1 N–H and O–H groups in total. The highest BCUT2D eigenvalue weighted by atomic mass is 32.2. The average molecular weight is 238 g/mol. The van der Waals surface area contributed by atoms with Crippen LogP contribution in [0.25, 0.3) is 0 Å². The number of aryl methyl sites for hydroxylation is 2. The lowest BCUT2D eigenvalue weighted by Crippen LogP contribution is -2.24. The second-order valence-corrected chi connectivity index (χ2v) is 5.94. The zero-order valence-electron chi connectivity index (χ0n) is 10.9. The lowest BCUT2D eigenvalue weighted by molar-refractivity contribution is 0.564. The van der Waals surface area contributed by atoms with E-state index in [0.717, 1.165) is 17.1 Å². The molecule has 3 heteroatoms. The lowest BCUT2D eigenvalue weighted by Gasteiger charge is -2.16. The van der Waals surface area contributed by atoms with Gasteiger partial charge in [0.25, 0.3) is 0 Å². The summed E-state index contributed by atoms with van der Waals surface area (Å²) in [5.41, 5.74) is 2.40. The number of thioether (sulfide) groups is 1. The molecule has 0 saturated carbocycles. The SMILES string of the molecule is CNC(C)CC(C)Sc1cc(C)cc(C)n1. The van der Waals surface area contributed by atoms with Crippen molar-refractivity contribution < 1.29 is 0 Å². The molecular weight excluding hydrogens is 216 g/mol. The molecule has 2 atom stereocenters. The largest absolute Gasteiger partial charge is 0.317 e. The van der Waals surface area contributed by atoms with Gasteiger partial charge in [0.1, 0.15) is 0 Å². The van der Waals surface area contributed by atoms with E-state index < -0.39 is 0 Å². The Balaban J connectivity index is 2.58. The summed E-state index contributed by atoms with van der Waals surface area (Å²) in [7, 11) is 2.01. The van der Waals surface area contributed by atoms with Gasteiger partial charge in [-0.3, -0.25) is 0 Å². The number of nitrogens with zero attached hydrogens (tertiary/aromatic N) is 1. The summed E-state index contributed by atoms with van der Waals surface area (Å²) < 4.78 is 0. The van der Waals surface area contributed by atoms with E-state index in [0.29, 0.717) is 11.3 Å². The van der Waals surface area contributed by atoms with Crippen LogP contribution in [0.1, 0.15) is 31.5 Å². The average Bonchev–Trinajstić information content (AvgIpc) is 2.15. The van der Waals surface area contributed by atoms with E-state index in [-0.39, 0.29) is 0 Å². The molecule has 0 fully saturated rings. The summed E-state index contributed by atoms with van der Waals surface area (Å²) in [6.45, 7) is 8.65. The Morgan fingerprint density at radius 1 is 1.31 bits per heavy atom. The van der Waals surface area contributed by atoms with Gasteiger partial charge in [0.05, 0.1) is 5.03 Å². The van der Waals surface area contributed by atoms with Crippen molar-refractivity contribution in [2.24, 2.45) is 0 Å². The standard InChI is InChI=1S/C13H22N2S/c1-9-6-11(3)15-13(7-9)16-12(4)8-10(2)14-5/h6-7,10,12,14H,8H2,1-5H3. The Hall–Kier alpha value is -0.540. The molecule has 1 heterocycles. The molecule has 1 rings (SSSR count). The van der Waals surface area contributed by atoms with Crippen molar-refractivity contribution in [2.75, 3.05) is 7.05 Å². The van der Waals surface area contributed by atoms with Crippen molar-refractivity contribution in [1.29, 1.82) is 0 Å². The molecule has 0 saturated heterocycles. The zero-order chi connectivity index (χ0) is 12.1. The monoisotopic (exact) mass is 238 g/mol. The summed E-state index contributed by atoms with van der Waals surface area (Å²) in [5.74, 6) is 0. The minimum atomic E-state index is 0.563. The van der Waals surface area contributed by atoms with Gasteiger partial charge < -0.3 is 5.32 Å². The Labute approximate surface area is 103 Å². The molecule has 90 valence electrons. The van der Waals surface area contributed by atoms with Gasteiger partial charge in [0.2, 0.25) is 0 Å². The van der Waals surface area contributed by atoms with E-state index in [2.05, 4.69) is 50.1 Å². The first-order valence-electron chi connectivity index (χ1n) is 5.80. The molecule has 16 heavy (non-hydrogen) atoms. The molecule has 0 amide bonds. The first kappa shape index (κ1) is 13.5. The number of pyridine rings is 1. The van der Waals surface area contributed by atoms with Gasteiger partial charge in [-0.05, 0) is 51.9 Å². The third-order valence-electron chi connectivity index (χ3n) is 2.57. The summed E-state index contributed by atoms with van der Waals surface area (Å²) >= 11 is 1.86. The number of hydrogen-bond acceptors (Lipinski definition) is 3. The minimum Gasteiger partial charge on any atom is -0.317 e. The number of nitrogens with one attached hydrogen (secondary N) is 1. The Morgan fingerprint density at radius 3 is 2.56 bits per heavy atom. The van der Waals surface area contributed by atoms with Crippen LogP contribution in [-0.4, -0.2) is 23.3 Å². The van der Waals surface area contributed by atoms with Crippen molar-refractivity contribution in [3.05, 3.63) is 23.4 Å². The van der Waals surface area contributed by atoms with Crippen LogP contribution < -0.4 is 5.32 Å². The molecule has 1 aromatic rings. The molecule has 2 nitrogen and oxygen atoms in total. The van der Waals surface area contributed by atoms with Crippen molar-refractivity contribution in [3.8, 4) is 0 Å². The number of rotatable bonds is 5. The smallest absolute Gasteiger partial charge is 0.0968 e. The van der Waals surface area contributed by atoms with Gasteiger partial charge in [-0.15, -0.1) is 11.8 Å². The minimum absolute atomic E-state index is 0.563. The fourth-order valence-corrected chi connectivity index (χ4v) is 2.98. The van der Waals surface area contributed by atoms with Gasteiger partial charge in [-0.1, -0.05) is 6.92 Å². The van der Waals surface area contributed by atoms with Crippen LogP contribution in [0, 0.1) is 13.8 Å². The maximum Gasteiger partial charge on any atom is 0.0968 e. The first-order valence-corrected chi connectivity index (χ1v) is 6.68. The van der Waals surface area contributed by atoms with E-state index >= 15 is 0 Å². The van der Waals surface area contributed by atoms with Crippen molar-refractivity contribution in [1.82, 2.24) is 10.3 Å². The normalized spacial score (nSPS) is 14.8. The van der Waals surface area contributed by atoms with Gasteiger partial charge >= 0.3 is 0 Å². The van der Waals surface area contributed by atoms with E-state index in [4.69, 9.17) is 0 Å². The van der Waals surface area contributed by atoms with Gasteiger partial charge in [-0.2, -0.15) is 0 Å². The van der Waals surface area contributed by atoms with Gasteiger partial charge in [0, 0.05) is 17.0 Å². The van der Waals surface area contributed by atoms with E-state index in [9.17, 15) is 0 Å². The Morgan fingerprint density at radius 2 is 2.00 bits per heavy atom. The maximum absolute atomic E-state index is 4.55. The van der Waals surface area contributed by atoms with E-state index in [1.165, 1.54) is 5.56 Å². The lowest BCUT2D eigenvalue weighted by atomic mass is 10.2. The molecule has 2 unspecified atom stereocenters. The summed E-state index contributed by atoms with van der Waals surface area (Å²) in [6.07, 6.45) is 1.16. The number of hydrogen-bond donors (Lipinski definition) is 1. The van der Waals surface area contributed by atoms with Crippen LogP contribution in [-0.2, 0) is 0 Å². The molecule has 0 aliphatic rings. The van der Waals surface area contributed by atoms with Crippen LogP contribution in [0.3, 0.4) is 0 Å². The topological polar surface area (TPSA) is 24.9 Å². The quantitative estimate of drug-likeness (QED) is 0.798. The summed E-state index contributed by atoms with van der Waals surface area (Å²) in [6, 6.07) is 4.84.